The summed E-state index contributed by atoms with van der Waals surface area (Å²) in [6, 6.07) is 11.7. The van der Waals surface area contributed by atoms with Crippen molar-refractivity contribution in [2.75, 3.05) is 69.7 Å². The Balaban J connectivity index is 0.972. The van der Waals surface area contributed by atoms with Crippen molar-refractivity contribution in [3.8, 4) is 23.2 Å². The highest BCUT2D eigenvalue weighted by atomic mass is 19.1. The number of amides is 2. The summed E-state index contributed by atoms with van der Waals surface area (Å²) < 4.78 is 41.7. The van der Waals surface area contributed by atoms with Gasteiger partial charge >= 0.3 is 0 Å². The molecule has 3 atom stereocenters. The number of piperidine rings is 1. The van der Waals surface area contributed by atoms with Crippen LogP contribution in [0.1, 0.15) is 24.8 Å². The number of rotatable bonds is 8. The fourth-order valence-corrected chi connectivity index (χ4v) is 6.77. The zero-order valence-corrected chi connectivity index (χ0v) is 27.1. The Morgan fingerprint density at radius 2 is 1.90 bits per heavy atom. The van der Waals surface area contributed by atoms with E-state index < -0.39 is 18.3 Å². The van der Waals surface area contributed by atoms with Gasteiger partial charge in [0.2, 0.25) is 17.8 Å². The molecule has 2 amide bonds. The Labute approximate surface area is 282 Å². The number of likely N-dealkylation sites (N-methyl/N-ethyl adjacent to an activating group) is 1. The molecule has 1 N–H and O–H groups in total. The molecule has 0 saturated carbocycles. The van der Waals surface area contributed by atoms with Gasteiger partial charge in [-0.1, -0.05) is 0 Å². The van der Waals surface area contributed by atoms with Gasteiger partial charge < -0.3 is 29.5 Å². The minimum atomic E-state index is -1.47. The second kappa shape index (κ2) is 13.9. The molecule has 0 unspecified atom stereocenters. The summed E-state index contributed by atoms with van der Waals surface area (Å²) in [6.07, 6.45) is -0.0257. The van der Waals surface area contributed by atoms with Crippen LogP contribution in [-0.2, 0) is 14.3 Å². The molecule has 3 aromatic rings. The first-order valence-corrected chi connectivity index (χ1v) is 16.5. The van der Waals surface area contributed by atoms with Gasteiger partial charge in [0, 0.05) is 63.9 Å². The second-order valence-corrected chi connectivity index (χ2v) is 12.8. The van der Waals surface area contributed by atoms with Gasteiger partial charge in [0.25, 0.3) is 0 Å². The van der Waals surface area contributed by atoms with Crippen molar-refractivity contribution in [3.05, 3.63) is 54.1 Å². The number of anilines is 3. The highest BCUT2D eigenvalue weighted by Crippen LogP contribution is 2.30. The van der Waals surface area contributed by atoms with Crippen molar-refractivity contribution in [1.82, 2.24) is 29.7 Å². The standard InChI is InChI=1S/C34H37F2N9O4/c1-42-28(5-7-31(42)46)33(47)45-9-8-30(26(36)17-45)49-29-6-2-21(14-22(29)16-37)32-38-20-39-34(41-32)40-23-3-4-27(25(35)15-23)44-12-10-43(11-13-44)24-18-48-19-24/h2-4,6,14-15,20,24,26,28,30H,5,7-13,17-19H2,1H3,(H,38,39,40,41)/t26-,28-,30-/m0/s1. The highest BCUT2D eigenvalue weighted by Gasteiger charge is 2.40. The summed E-state index contributed by atoms with van der Waals surface area (Å²) >= 11 is 0. The van der Waals surface area contributed by atoms with Crippen molar-refractivity contribution < 1.29 is 27.8 Å². The van der Waals surface area contributed by atoms with E-state index in [1.54, 1.807) is 37.4 Å². The number of ether oxygens (including phenoxy) is 2. The molecule has 0 spiro atoms. The van der Waals surface area contributed by atoms with Crippen molar-refractivity contribution in [2.24, 2.45) is 0 Å². The number of hydrogen-bond acceptors (Lipinski definition) is 11. The molecular formula is C34H37F2N9O4. The largest absolute Gasteiger partial charge is 0.486 e. The maximum Gasteiger partial charge on any atom is 0.245 e. The van der Waals surface area contributed by atoms with Gasteiger partial charge in [0.15, 0.2) is 12.0 Å². The van der Waals surface area contributed by atoms with Crippen LogP contribution in [0.5, 0.6) is 5.75 Å². The van der Waals surface area contributed by atoms with Crippen LogP contribution in [0.4, 0.5) is 26.1 Å². The van der Waals surface area contributed by atoms with Crippen LogP contribution in [0.2, 0.25) is 0 Å². The van der Waals surface area contributed by atoms with E-state index in [0.717, 1.165) is 39.4 Å². The summed E-state index contributed by atoms with van der Waals surface area (Å²) in [5, 5.41) is 12.9. The predicted octanol–water partition coefficient (Wildman–Crippen LogP) is 2.75. The molecule has 15 heteroatoms. The third-order valence-corrected chi connectivity index (χ3v) is 9.78. The number of nitrogens with zero attached hydrogens (tertiary/aromatic N) is 8. The Hall–Kier alpha value is -4.94. The lowest BCUT2D eigenvalue weighted by molar-refractivity contribution is -0.143. The molecular weight excluding hydrogens is 636 g/mol. The Kier molecular flexibility index (Phi) is 9.24. The Bertz CT molecular complexity index is 1760. The predicted molar refractivity (Wildman–Crippen MR) is 174 cm³/mol. The molecule has 0 aliphatic carbocycles. The fourth-order valence-electron chi connectivity index (χ4n) is 6.77. The van der Waals surface area contributed by atoms with E-state index in [1.165, 1.54) is 22.2 Å². The van der Waals surface area contributed by atoms with Crippen molar-refractivity contribution in [1.29, 1.82) is 5.26 Å². The molecule has 7 rings (SSSR count). The molecule has 2 aromatic carbocycles. The average Bonchev–Trinajstić information content (AvgIpc) is 3.42. The number of benzene rings is 2. The van der Waals surface area contributed by atoms with Crippen LogP contribution in [-0.4, -0.2) is 125 Å². The van der Waals surface area contributed by atoms with Crippen LogP contribution in [0.25, 0.3) is 11.4 Å². The minimum absolute atomic E-state index is 0.0913. The van der Waals surface area contributed by atoms with Crippen molar-refractivity contribution in [2.45, 2.75) is 43.6 Å². The number of alkyl halides is 1. The van der Waals surface area contributed by atoms with E-state index >= 15 is 8.78 Å². The average molecular weight is 674 g/mol. The van der Waals surface area contributed by atoms with Crippen LogP contribution in [0, 0.1) is 17.1 Å². The van der Waals surface area contributed by atoms with E-state index in [-0.39, 0.29) is 60.2 Å². The van der Waals surface area contributed by atoms with Gasteiger partial charge in [-0.2, -0.15) is 10.2 Å². The maximum absolute atomic E-state index is 15.3. The van der Waals surface area contributed by atoms with Crippen molar-refractivity contribution in [3.63, 3.8) is 0 Å². The van der Waals surface area contributed by atoms with Crippen molar-refractivity contribution >= 4 is 29.1 Å². The number of nitriles is 1. The number of aromatic nitrogens is 3. The van der Waals surface area contributed by atoms with Crippen LogP contribution in [0.15, 0.2) is 42.7 Å². The summed E-state index contributed by atoms with van der Waals surface area (Å²) in [6.45, 7) is 4.87. The normalized spacial score (nSPS) is 23.3. The van der Waals surface area contributed by atoms with Crippen LogP contribution >= 0.6 is 0 Å². The maximum atomic E-state index is 15.3. The third kappa shape index (κ3) is 6.83. The molecule has 5 heterocycles. The smallest absolute Gasteiger partial charge is 0.245 e. The molecule has 0 radical (unpaired) electrons. The topological polar surface area (TPSA) is 140 Å². The fraction of sp³-hybridized carbons (Fsp3) is 0.471. The lowest BCUT2D eigenvalue weighted by Crippen LogP contribution is -2.56. The number of hydrogen-bond donors (Lipinski definition) is 1. The first-order chi connectivity index (χ1) is 23.8. The number of carbonyl (C=O) groups excluding carboxylic acids is 2. The molecule has 4 aliphatic rings. The van der Waals surface area contributed by atoms with Crippen LogP contribution < -0.4 is 15.0 Å². The minimum Gasteiger partial charge on any atom is -0.486 e. The van der Waals surface area contributed by atoms with Gasteiger partial charge in [0.05, 0.1) is 37.1 Å². The third-order valence-electron chi connectivity index (χ3n) is 9.78. The number of piperazine rings is 1. The molecule has 0 bridgehead atoms. The zero-order valence-electron chi connectivity index (χ0n) is 27.1. The number of halogens is 2. The lowest BCUT2D eigenvalue weighted by Gasteiger charge is -2.43. The first kappa shape index (κ1) is 32.6. The van der Waals surface area contributed by atoms with Gasteiger partial charge in [-0.05, 0) is 42.8 Å². The molecule has 256 valence electrons. The second-order valence-electron chi connectivity index (χ2n) is 12.8. The zero-order chi connectivity index (χ0) is 34.1. The van der Waals surface area contributed by atoms with E-state index in [1.807, 2.05) is 4.90 Å². The summed E-state index contributed by atoms with van der Waals surface area (Å²) in [7, 11) is 1.59. The van der Waals surface area contributed by atoms with Gasteiger partial charge in [-0.3, -0.25) is 14.5 Å². The van der Waals surface area contributed by atoms with E-state index in [2.05, 4.69) is 31.2 Å². The number of likely N-dealkylation sites (tertiary alicyclic amines) is 2. The summed E-state index contributed by atoms with van der Waals surface area (Å²) in [5.74, 6) is -0.0124. The monoisotopic (exact) mass is 673 g/mol. The summed E-state index contributed by atoms with van der Waals surface area (Å²) in [4.78, 5) is 45.0. The van der Waals surface area contributed by atoms with Gasteiger partial charge in [-0.15, -0.1) is 0 Å². The molecule has 49 heavy (non-hydrogen) atoms. The van der Waals surface area contributed by atoms with Gasteiger partial charge in [0.1, 0.15) is 36.1 Å². The first-order valence-electron chi connectivity index (χ1n) is 16.5. The molecule has 4 saturated heterocycles. The molecule has 1 aromatic heterocycles. The molecule has 4 fully saturated rings. The SMILES string of the molecule is CN1C(=O)CC[C@H]1C(=O)N1CC[C@H](Oc2ccc(-c3ncnc(Nc4ccc(N5CCN(C6COC6)CC5)c(F)c4)n3)cc2C#N)[C@@H](F)C1. The quantitative estimate of drug-likeness (QED) is 0.378. The van der Waals surface area contributed by atoms with Crippen LogP contribution in [0.3, 0.4) is 0 Å². The molecule has 4 aliphatic heterocycles. The lowest BCUT2D eigenvalue weighted by atomic mass is 10.0. The summed E-state index contributed by atoms with van der Waals surface area (Å²) in [5.41, 5.74) is 1.70. The Morgan fingerprint density at radius 1 is 1.08 bits per heavy atom. The van der Waals surface area contributed by atoms with E-state index in [9.17, 15) is 14.9 Å². The molecule has 13 nitrogen and oxygen atoms in total. The number of nitrogens with one attached hydrogen (secondary N) is 1. The highest BCUT2D eigenvalue weighted by molar-refractivity contribution is 5.90. The van der Waals surface area contributed by atoms with E-state index in [0.29, 0.717) is 35.8 Å². The number of carbonyl (C=O) groups is 2. The Morgan fingerprint density at radius 3 is 2.57 bits per heavy atom. The van der Waals surface area contributed by atoms with E-state index in [4.69, 9.17) is 9.47 Å². The van der Waals surface area contributed by atoms with Gasteiger partial charge in [-0.25, -0.2) is 18.7 Å².